The molecule has 1 aliphatic heterocycles. The Labute approximate surface area is 147 Å². The van der Waals surface area contributed by atoms with Gasteiger partial charge in [-0.25, -0.2) is 15.0 Å². The molecule has 128 valence electrons. The number of imidazole rings is 1. The van der Waals surface area contributed by atoms with Gasteiger partial charge in [0.1, 0.15) is 24.3 Å². The first-order chi connectivity index (χ1) is 12.4. The summed E-state index contributed by atoms with van der Waals surface area (Å²) in [5.41, 5.74) is 1.25. The van der Waals surface area contributed by atoms with E-state index in [-0.39, 0.29) is 6.10 Å². The highest BCUT2D eigenvalue weighted by Crippen LogP contribution is 2.21. The second kappa shape index (κ2) is 7.44. The van der Waals surface area contributed by atoms with Gasteiger partial charge in [0.05, 0.1) is 6.10 Å². The van der Waals surface area contributed by atoms with E-state index in [0.717, 1.165) is 44.2 Å². The van der Waals surface area contributed by atoms with Crippen molar-refractivity contribution >= 4 is 5.82 Å². The number of hydrogen-bond donors (Lipinski definition) is 0. The smallest absolute Gasteiger partial charge is 0.143 e. The van der Waals surface area contributed by atoms with Crippen LogP contribution in [0.1, 0.15) is 18.4 Å². The van der Waals surface area contributed by atoms with Gasteiger partial charge in [0, 0.05) is 38.2 Å². The van der Waals surface area contributed by atoms with Crippen molar-refractivity contribution in [2.45, 2.75) is 25.5 Å². The van der Waals surface area contributed by atoms with Crippen LogP contribution in [0.2, 0.25) is 0 Å². The number of ether oxygens (including phenoxy) is 1. The minimum Gasteiger partial charge on any atom is -0.376 e. The quantitative estimate of drug-likeness (QED) is 0.693. The van der Waals surface area contributed by atoms with Crippen LogP contribution in [0, 0.1) is 0 Å². The second-order valence-electron chi connectivity index (χ2n) is 6.21. The third-order valence-electron chi connectivity index (χ3n) is 4.40. The summed E-state index contributed by atoms with van der Waals surface area (Å²) in [5.74, 6) is 1.71. The van der Waals surface area contributed by atoms with Crippen molar-refractivity contribution in [1.82, 2.24) is 19.5 Å². The maximum atomic E-state index is 5.84. The zero-order valence-electron chi connectivity index (χ0n) is 14.0. The Kier molecular flexibility index (Phi) is 4.70. The van der Waals surface area contributed by atoms with Crippen molar-refractivity contribution < 1.29 is 4.74 Å². The lowest BCUT2D eigenvalue weighted by Crippen LogP contribution is -2.32. The average molecular weight is 335 g/mol. The molecule has 0 amide bonds. The third kappa shape index (κ3) is 3.85. The van der Waals surface area contributed by atoms with Gasteiger partial charge in [0.15, 0.2) is 0 Å². The summed E-state index contributed by atoms with van der Waals surface area (Å²) < 4.78 is 7.73. The van der Waals surface area contributed by atoms with E-state index in [1.54, 1.807) is 18.9 Å². The lowest BCUT2D eigenvalue weighted by molar-refractivity contribution is 0.115. The Morgan fingerprint density at radius 2 is 2.12 bits per heavy atom. The monoisotopic (exact) mass is 335 g/mol. The molecule has 0 saturated carbocycles. The Hall–Kier alpha value is -2.73. The highest BCUT2D eigenvalue weighted by atomic mass is 16.5. The van der Waals surface area contributed by atoms with E-state index in [0.29, 0.717) is 0 Å². The molecule has 6 heteroatoms. The SMILES string of the molecule is c1ccc(CN(CC2CCCO2)c2cc(-n3ccnc3)ncn2)cc1. The van der Waals surface area contributed by atoms with E-state index in [2.05, 4.69) is 44.1 Å². The molecule has 4 rings (SSSR count). The van der Waals surface area contributed by atoms with Crippen LogP contribution in [-0.2, 0) is 11.3 Å². The third-order valence-corrected chi connectivity index (χ3v) is 4.40. The van der Waals surface area contributed by atoms with Crippen LogP contribution in [0.3, 0.4) is 0 Å². The molecule has 25 heavy (non-hydrogen) atoms. The molecular weight excluding hydrogens is 314 g/mol. The van der Waals surface area contributed by atoms with E-state index in [1.807, 2.05) is 22.9 Å². The fraction of sp³-hybridized carbons (Fsp3) is 0.316. The van der Waals surface area contributed by atoms with E-state index >= 15 is 0 Å². The maximum Gasteiger partial charge on any atom is 0.143 e. The number of anilines is 1. The van der Waals surface area contributed by atoms with E-state index in [4.69, 9.17) is 4.74 Å². The van der Waals surface area contributed by atoms with Crippen LogP contribution in [0.4, 0.5) is 5.82 Å². The minimum absolute atomic E-state index is 0.260. The number of benzene rings is 1. The van der Waals surface area contributed by atoms with Gasteiger partial charge in [-0.3, -0.25) is 4.57 Å². The standard InChI is InChI=1S/C19H21N5O/c1-2-5-16(6-3-1)12-24(13-17-7-4-10-25-17)19-11-18(21-14-22-19)23-9-8-20-15-23/h1-3,5-6,8-9,11,14-15,17H,4,7,10,12-13H2. The predicted octanol–water partition coefficient (Wildman–Crippen LogP) is 2.85. The van der Waals surface area contributed by atoms with Gasteiger partial charge < -0.3 is 9.64 Å². The zero-order chi connectivity index (χ0) is 16.9. The summed E-state index contributed by atoms with van der Waals surface area (Å²) in [6.07, 6.45) is 9.48. The first-order valence-corrected chi connectivity index (χ1v) is 8.59. The average Bonchev–Trinajstić information content (AvgIpc) is 3.36. The molecule has 2 aromatic heterocycles. The second-order valence-corrected chi connectivity index (χ2v) is 6.21. The van der Waals surface area contributed by atoms with Crippen LogP contribution in [0.5, 0.6) is 0 Å². The normalized spacial score (nSPS) is 16.9. The molecule has 1 aromatic carbocycles. The lowest BCUT2D eigenvalue weighted by atomic mass is 10.2. The molecular formula is C19H21N5O. The Morgan fingerprint density at radius 1 is 1.20 bits per heavy atom. The topological polar surface area (TPSA) is 56.1 Å². The number of aromatic nitrogens is 4. The Balaban J connectivity index is 1.61. The molecule has 0 bridgehead atoms. The van der Waals surface area contributed by atoms with Crippen LogP contribution in [-0.4, -0.2) is 38.8 Å². The van der Waals surface area contributed by atoms with Gasteiger partial charge in [-0.15, -0.1) is 0 Å². The number of rotatable bonds is 6. The van der Waals surface area contributed by atoms with Crippen LogP contribution in [0.15, 0.2) is 61.4 Å². The minimum atomic E-state index is 0.260. The Morgan fingerprint density at radius 3 is 2.88 bits per heavy atom. The van der Waals surface area contributed by atoms with Gasteiger partial charge in [0.25, 0.3) is 0 Å². The van der Waals surface area contributed by atoms with Gasteiger partial charge >= 0.3 is 0 Å². The van der Waals surface area contributed by atoms with Crippen LogP contribution in [0.25, 0.3) is 5.82 Å². The first kappa shape index (κ1) is 15.8. The maximum absolute atomic E-state index is 5.84. The summed E-state index contributed by atoms with van der Waals surface area (Å²) in [7, 11) is 0. The van der Waals surface area contributed by atoms with E-state index in [9.17, 15) is 0 Å². The molecule has 3 heterocycles. The summed E-state index contributed by atoms with van der Waals surface area (Å²) in [5, 5.41) is 0. The van der Waals surface area contributed by atoms with Crippen molar-refractivity contribution in [3.05, 3.63) is 67.0 Å². The van der Waals surface area contributed by atoms with Gasteiger partial charge in [-0.2, -0.15) is 0 Å². The molecule has 0 N–H and O–H groups in total. The fourth-order valence-electron chi connectivity index (χ4n) is 3.12. The van der Waals surface area contributed by atoms with Gasteiger partial charge in [-0.1, -0.05) is 30.3 Å². The van der Waals surface area contributed by atoms with Crippen LogP contribution < -0.4 is 4.90 Å². The van der Waals surface area contributed by atoms with E-state index < -0.39 is 0 Å². The Bertz CT molecular complexity index is 785. The van der Waals surface area contributed by atoms with Crippen molar-refractivity contribution in [2.24, 2.45) is 0 Å². The fourth-order valence-corrected chi connectivity index (χ4v) is 3.12. The molecule has 0 aliphatic carbocycles. The largest absolute Gasteiger partial charge is 0.376 e. The number of nitrogens with zero attached hydrogens (tertiary/aromatic N) is 5. The summed E-state index contributed by atoms with van der Waals surface area (Å²) in [4.78, 5) is 15.2. The molecule has 6 nitrogen and oxygen atoms in total. The summed E-state index contributed by atoms with van der Waals surface area (Å²) in [6.45, 7) is 2.48. The first-order valence-electron chi connectivity index (χ1n) is 8.59. The molecule has 1 aliphatic rings. The molecule has 1 unspecified atom stereocenters. The molecule has 0 radical (unpaired) electrons. The predicted molar refractivity (Wildman–Crippen MR) is 95.6 cm³/mol. The van der Waals surface area contributed by atoms with Gasteiger partial charge in [-0.05, 0) is 18.4 Å². The summed E-state index contributed by atoms with van der Waals surface area (Å²) >= 11 is 0. The van der Waals surface area contributed by atoms with Crippen molar-refractivity contribution in [3.63, 3.8) is 0 Å². The lowest BCUT2D eigenvalue weighted by Gasteiger charge is -2.26. The molecule has 3 aromatic rings. The van der Waals surface area contributed by atoms with Crippen molar-refractivity contribution in [1.29, 1.82) is 0 Å². The zero-order valence-corrected chi connectivity index (χ0v) is 14.0. The molecule has 0 spiro atoms. The highest BCUT2D eigenvalue weighted by molar-refractivity contribution is 5.44. The molecule has 1 saturated heterocycles. The summed E-state index contributed by atoms with van der Waals surface area (Å²) in [6, 6.07) is 12.4. The molecule has 1 atom stereocenters. The highest BCUT2D eigenvalue weighted by Gasteiger charge is 2.21. The van der Waals surface area contributed by atoms with Crippen LogP contribution >= 0.6 is 0 Å². The van der Waals surface area contributed by atoms with Crippen molar-refractivity contribution in [3.8, 4) is 5.82 Å². The molecule has 1 fully saturated rings. The number of hydrogen-bond acceptors (Lipinski definition) is 5. The van der Waals surface area contributed by atoms with Crippen molar-refractivity contribution in [2.75, 3.05) is 18.1 Å². The van der Waals surface area contributed by atoms with E-state index in [1.165, 1.54) is 5.56 Å². The van der Waals surface area contributed by atoms with Gasteiger partial charge in [0.2, 0.25) is 0 Å².